The van der Waals surface area contributed by atoms with Crippen molar-refractivity contribution in [3.63, 3.8) is 0 Å². The van der Waals surface area contributed by atoms with Crippen LogP contribution >= 0.6 is 7.82 Å². The van der Waals surface area contributed by atoms with E-state index in [0.717, 1.165) is 71.4 Å². The van der Waals surface area contributed by atoms with Crippen LogP contribution in [-0.4, -0.2) is 15.4 Å². The second-order valence-electron chi connectivity index (χ2n) is 12.0. The van der Waals surface area contributed by atoms with E-state index in [-0.39, 0.29) is 5.60 Å². The SMILES string of the molecule is Cc1c(C)c2c(c(C)c1OP(=O)(O)O)CC[C@](C)(CCC[C@H](C)CCC[C@@H](C)CCCC(C)C)O2. The molecule has 1 aromatic rings. The Hall–Kier alpha value is -1.03. The van der Waals surface area contributed by atoms with E-state index >= 15 is 0 Å². The summed E-state index contributed by atoms with van der Waals surface area (Å²) in [6, 6.07) is 0. The zero-order chi connectivity index (χ0) is 26.4. The van der Waals surface area contributed by atoms with Crippen molar-refractivity contribution in [3.05, 3.63) is 22.3 Å². The maximum atomic E-state index is 11.5. The molecule has 0 saturated heterocycles. The summed E-state index contributed by atoms with van der Waals surface area (Å²) < 4.78 is 23.1. The quantitative estimate of drug-likeness (QED) is 0.245. The van der Waals surface area contributed by atoms with E-state index in [4.69, 9.17) is 9.26 Å². The predicted molar refractivity (Wildman–Crippen MR) is 145 cm³/mol. The summed E-state index contributed by atoms with van der Waals surface area (Å²) in [6.45, 7) is 17.3. The van der Waals surface area contributed by atoms with E-state index in [9.17, 15) is 14.4 Å². The minimum Gasteiger partial charge on any atom is -0.487 e. The highest BCUT2D eigenvalue weighted by atomic mass is 31.2. The molecule has 35 heavy (non-hydrogen) atoms. The van der Waals surface area contributed by atoms with Crippen LogP contribution in [0.15, 0.2) is 0 Å². The standard InChI is InChI=1S/C29H51O5P/c1-20(2)12-9-13-21(3)14-10-15-22(4)16-11-18-29(8)19-17-26-25(7)27(34-35(30,31)32)23(5)24(6)28(26)33-29/h20-22H,9-19H2,1-8H3,(H2,30,31,32)/t21-,22+,29-/m0/s1. The molecule has 0 unspecified atom stereocenters. The molecule has 3 atom stereocenters. The van der Waals surface area contributed by atoms with Gasteiger partial charge in [0.15, 0.2) is 0 Å². The Balaban J connectivity index is 1.85. The number of phosphoric ester groups is 1. The maximum Gasteiger partial charge on any atom is 0.524 e. The Morgan fingerprint density at radius 3 is 1.97 bits per heavy atom. The van der Waals surface area contributed by atoms with Gasteiger partial charge in [0.25, 0.3) is 0 Å². The lowest BCUT2D eigenvalue weighted by molar-refractivity contribution is 0.0512. The zero-order valence-electron chi connectivity index (χ0n) is 23.6. The van der Waals surface area contributed by atoms with Gasteiger partial charge in [-0.2, -0.15) is 0 Å². The van der Waals surface area contributed by atoms with Crippen molar-refractivity contribution >= 4 is 7.82 Å². The van der Waals surface area contributed by atoms with Crippen LogP contribution in [0.5, 0.6) is 11.5 Å². The van der Waals surface area contributed by atoms with Gasteiger partial charge in [-0.25, -0.2) is 4.57 Å². The Bertz CT molecular complexity index is 875. The molecular formula is C29H51O5P. The molecule has 1 heterocycles. The monoisotopic (exact) mass is 510 g/mol. The molecule has 2 N–H and O–H groups in total. The lowest BCUT2D eigenvalue weighted by Gasteiger charge is -2.38. The molecule has 0 amide bonds. The van der Waals surface area contributed by atoms with Crippen LogP contribution in [0.1, 0.15) is 121 Å². The molecule has 0 saturated carbocycles. The van der Waals surface area contributed by atoms with Crippen molar-refractivity contribution < 1.29 is 23.6 Å². The van der Waals surface area contributed by atoms with Gasteiger partial charge in [0.1, 0.15) is 17.1 Å². The number of fused-ring (bicyclic) bond motifs is 1. The van der Waals surface area contributed by atoms with E-state index in [1.165, 1.54) is 44.9 Å². The number of ether oxygens (including phenoxy) is 1. The van der Waals surface area contributed by atoms with Gasteiger partial charge in [-0.15, -0.1) is 0 Å². The van der Waals surface area contributed by atoms with Crippen LogP contribution in [-0.2, 0) is 11.0 Å². The molecule has 6 heteroatoms. The van der Waals surface area contributed by atoms with Crippen molar-refractivity contribution in [2.24, 2.45) is 17.8 Å². The number of hydrogen-bond acceptors (Lipinski definition) is 3. The minimum atomic E-state index is -4.61. The first-order valence-corrected chi connectivity index (χ1v) is 15.3. The highest BCUT2D eigenvalue weighted by molar-refractivity contribution is 7.46. The molecule has 1 aliphatic heterocycles. The van der Waals surface area contributed by atoms with Gasteiger partial charge in [-0.3, -0.25) is 9.79 Å². The summed E-state index contributed by atoms with van der Waals surface area (Å²) in [5, 5.41) is 0. The van der Waals surface area contributed by atoms with Gasteiger partial charge >= 0.3 is 7.82 Å². The van der Waals surface area contributed by atoms with Crippen LogP contribution in [0.4, 0.5) is 0 Å². The van der Waals surface area contributed by atoms with Gasteiger partial charge in [-0.05, 0) is 87.8 Å². The van der Waals surface area contributed by atoms with Gasteiger partial charge in [-0.1, -0.05) is 72.6 Å². The molecule has 1 aromatic carbocycles. The van der Waals surface area contributed by atoms with Crippen LogP contribution in [0, 0.1) is 38.5 Å². The van der Waals surface area contributed by atoms with Gasteiger partial charge in [0.05, 0.1) is 0 Å². The fourth-order valence-corrected chi connectivity index (χ4v) is 6.03. The molecular weight excluding hydrogens is 459 g/mol. The Labute approximate surface area is 214 Å². The zero-order valence-corrected chi connectivity index (χ0v) is 24.5. The summed E-state index contributed by atoms with van der Waals surface area (Å²) in [6.07, 6.45) is 13.3. The summed E-state index contributed by atoms with van der Waals surface area (Å²) in [4.78, 5) is 18.7. The van der Waals surface area contributed by atoms with Crippen molar-refractivity contribution in [1.29, 1.82) is 0 Å². The maximum absolute atomic E-state index is 11.5. The van der Waals surface area contributed by atoms with E-state index in [0.29, 0.717) is 5.75 Å². The third kappa shape index (κ3) is 9.41. The Morgan fingerprint density at radius 1 is 0.886 bits per heavy atom. The van der Waals surface area contributed by atoms with Crippen molar-refractivity contribution in [2.45, 2.75) is 132 Å². The Kier molecular flexibility index (Phi) is 11.2. The first-order valence-electron chi connectivity index (χ1n) is 13.8. The highest BCUT2D eigenvalue weighted by Crippen LogP contribution is 2.48. The molecule has 0 fully saturated rings. The average molecular weight is 511 g/mol. The highest BCUT2D eigenvalue weighted by Gasteiger charge is 2.35. The normalized spacial score (nSPS) is 19.9. The molecule has 0 radical (unpaired) electrons. The van der Waals surface area contributed by atoms with Crippen LogP contribution in [0.25, 0.3) is 0 Å². The van der Waals surface area contributed by atoms with Crippen LogP contribution in [0.3, 0.4) is 0 Å². The molecule has 202 valence electrons. The van der Waals surface area contributed by atoms with Crippen molar-refractivity contribution in [3.8, 4) is 11.5 Å². The third-order valence-electron chi connectivity index (χ3n) is 8.05. The predicted octanol–water partition coefficient (Wildman–Crippen LogP) is 8.61. The molecule has 1 aliphatic rings. The lowest BCUT2D eigenvalue weighted by atomic mass is 9.84. The molecule has 0 bridgehead atoms. The summed E-state index contributed by atoms with van der Waals surface area (Å²) in [5.41, 5.74) is 3.24. The van der Waals surface area contributed by atoms with Crippen molar-refractivity contribution in [1.82, 2.24) is 0 Å². The topological polar surface area (TPSA) is 76.0 Å². The molecule has 0 spiro atoms. The van der Waals surface area contributed by atoms with E-state index in [2.05, 4.69) is 34.6 Å². The van der Waals surface area contributed by atoms with Crippen LogP contribution < -0.4 is 9.26 Å². The number of hydrogen-bond donors (Lipinski definition) is 2. The van der Waals surface area contributed by atoms with Gasteiger partial charge < -0.3 is 9.26 Å². The molecule has 5 nitrogen and oxygen atoms in total. The van der Waals surface area contributed by atoms with Crippen LogP contribution in [0.2, 0.25) is 0 Å². The third-order valence-corrected chi connectivity index (χ3v) is 8.47. The Morgan fingerprint density at radius 2 is 1.43 bits per heavy atom. The largest absolute Gasteiger partial charge is 0.524 e. The first kappa shape index (κ1) is 30.2. The average Bonchev–Trinajstić information content (AvgIpc) is 2.74. The lowest BCUT2D eigenvalue weighted by Crippen LogP contribution is -2.37. The van der Waals surface area contributed by atoms with E-state index < -0.39 is 7.82 Å². The van der Waals surface area contributed by atoms with Gasteiger partial charge in [0.2, 0.25) is 0 Å². The second kappa shape index (κ2) is 13.0. The van der Waals surface area contributed by atoms with Crippen molar-refractivity contribution in [2.75, 3.05) is 0 Å². The minimum absolute atomic E-state index is 0.201. The molecule has 0 aliphatic carbocycles. The fourth-order valence-electron chi connectivity index (χ4n) is 5.52. The summed E-state index contributed by atoms with van der Waals surface area (Å²) in [5.74, 6) is 3.59. The number of benzene rings is 1. The molecule has 2 rings (SSSR count). The summed E-state index contributed by atoms with van der Waals surface area (Å²) in [7, 11) is -4.61. The number of phosphoric acid groups is 1. The smallest absolute Gasteiger partial charge is 0.487 e. The fraction of sp³-hybridized carbons (Fsp3) is 0.793. The number of rotatable bonds is 14. The first-order chi connectivity index (χ1) is 16.2. The van der Waals surface area contributed by atoms with Gasteiger partial charge in [0, 0.05) is 5.56 Å². The van der Waals surface area contributed by atoms with E-state index in [1.54, 1.807) is 0 Å². The summed E-state index contributed by atoms with van der Waals surface area (Å²) >= 11 is 0. The second-order valence-corrected chi connectivity index (χ2v) is 13.2. The molecule has 0 aromatic heterocycles. The van der Waals surface area contributed by atoms with E-state index in [1.807, 2.05) is 20.8 Å².